The largest absolute Gasteiger partial charge is 0.497 e. The van der Waals surface area contributed by atoms with Crippen molar-refractivity contribution in [3.8, 4) is 15.5 Å². The minimum Gasteiger partial charge on any atom is -0.497 e. The van der Waals surface area contributed by atoms with Crippen molar-refractivity contribution in [2.45, 2.75) is 6.10 Å². The van der Waals surface area contributed by atoms with Gasteiger partial charge in [-0.1, -0.05) is 6.07 Å². The number of nitrogens with one attached hydrogen (secondary N) is 1. The van der Waals surface area contributed by atoms with Crippen LogP contribution >= 0.6 is 38.6 Å². The zero-order valence-corrected chi connectivity index (χ0v) is 16.6. The maximum absolute atomic E-state index is 12.4. The van der Waals surface area contributed by atoms with E-state index in [1.165, 1.54) is 16.2 Å². The Hall–Kier alpha value is -1.67. The summed E-state index contributed by atoms with van der Waals surface area (Å²) < 4.78 is 5.82. The average molecular weight is 438 g/mol. The van der Waals surface area contributed by atoms with Crippen LogP contribution in [0, 0.1) is 0 Å². The summed E-state index contributed by atoms with van der Waals surface area (Å²) in [6.45, 7) is 0.146. The molecule has 1 unspecified atom stereocenters. The quantitative estimate of drug-likeness (QED) is 0.586. The second kappa shape index (κ2) is 8.14. The van der Waals surface area contributed by atoms with Crippen LogP contribution in [0.2, 0.25) is 0 Å². The number of hydrogen-bond donors (Lipinski definition) is 2. The molecule has 0 bridgehead atoms. The van der Waals surface area contributed by atoms with E-state index in [-0.39, 0.29) is 12.5 Å². The van der Waals surface area contributed by atoms with Gasteiger partial charge in [0.15, 0.2) is 0 Å². The summed E-state index contributed by atoms with van der Waals surface area (Å²) in [5, 5.41) is 15.2. The van der Waals surface area contributed by atoms with Gasteiger partial charge in [-0.25, -0.2) is 0 Å². The van der Waals surface area contributed by atoms with E-state index in [1.807, 2.05) is 23.6 Å². The Kier molecular flexibility index (Phi) is 5.90. The third kappa shape index (κ3) is 4.30. The van der Waals surface area contributed by atoms with Crippen molar-refractivity contribution in [3.63, 3.8) is 0 Å². The first kappa shape index (κ1) is 18.1. The Labute approximate surface area is 162 Å². The van der Waals surface area contributed by atoms with E-state index < -0.39 is 6.10 Å². The molecule has 3 rings (SSSR count). The van der Waals surface area contributed by atoms with Crippen LogP contribution in [-0.4, -0.2) is 24.7 Å². The lowest BCUT2D eigenvalue weighted by molar-refractivity contribution is 0.0917. The highest BCUT2D eigenvalue weighted by Gasteiger charge is 2.16. The van der Waals surface area contributed by atoms with E-state index in [1.54, 1.807) is 36.6 Å². The molecule has 0 aliphatic heterocycles. The minimum atomic E-state index is -0.743. The summed E-state index contributed by atoms with van der Waals surface area (Å²) in [5.41, 5.74) is 0.469. The Morgan fingerprint density at radius 2 is 2.12 bits per heavy atom. The third-order valence-corrected chi connectivity index (χ3v) is 6.54. The molecule has 0 saturated carbocycles. The normalized spacial score (nSPS) is 12.0. The Bertz CT molecular complexity index is 861. The lowest BCUT2D eigenvalue weighted by Gasteiger charge is -2.12. The highest BCUT2D eigenvalue weighted by atomic mass is 79.9. The van der Waals surface area contributed by atoms with Gasteiger partial charge < -0.3 is 15.2 Å². The summed E-state index contributed by atoms with van der Waals surface area (Å²) >= 11 is 6.56. The van der Waals surface area contributed by atoms with Gasteiger partial charge in [-0.15, -0.1) is 22.7 Å². The van der Waals surface area contributed by atoms with Crippen molar-refractivity contribution in [3.05, 3.63) is 62.8 Å². The van der Waals surface area contributed by atoms with Crippen LogP contribution in [0.5, 0.6) is 5.75 Å². The van der Waals surface area contributed by atoms with Crippen molar-refractivity contribution < 1.29 is 14.6 Å². The van der Waals surface area contributed by atoms with Gasteiger partial charge in [-0.05, 0) is 57.7 Å². The topological polar surface area (TPSA) is 58.6 Å². The van der Waals surface area contributed by atoms with Crippen molar-refractivity contribution >= 4 is 44.5 Å². The molecule has 25 heavy (non-hydrogen) atoms. The fourth-order valence-corrected chi connectivity index (χ4v) is 4.53. The smallest absolute Gasteiger partial charge is 0.252 e. The number of thiophene rings is 2. The first-order valence-electron chi connectivity index (χ1n) is 7.52. The van der Waals surface area contributed by atoms with Crippen LogP contribution in [0.15, 0.2) is 52.3 Å². The van der Waals surface area contributed by atoms with E-state index in [4.69, 9.17) is 4.74 Å². The monoisotopic (exact) mass is 437 g/mol. The van der Waals surface area contributed by atoms with Crippen molar-refractivity contribution in [2.24, 2.45) is 0 Å². The van der Waals surface area contributed by atoms with Crippen LogP contribution in [0.4, 0.5) is 0 Å². The number of ether oxygens (including phenoxy) is 1. The number of methoxy groups -OCH3 is 1. The zero-order chi connectivity index (χ0) is 17.8. The molecule has 1 amide bonds. The summed E-state index contributed by atoms with van der Waals surface area (Å²) in [4.78, 5) is 15.5. The molecule has 0 saturated heterocycles. The van der Waals surface area contributed by atoms with Crippen molar-refractivity contribution in [1.29, 1.82) is 0 Å². The predicted molar refractivity (Wildman–Crippen MR) is 106 cm³/mol. The second-order valence-corrected chi connectivity index (χ2v) is 8.17. The molecule has 0 radical (unpaired) electrons. The number of carbonyl (C=O) groups is 1. The van der Waals surface area contributed by atoms with E-state index in [2.05, 4.69) is 27.3 Å². The van der Waals surface area contributed by atoms with Gasteiger partial charge in [0.1, 0.15) is 11.9 Å². The highest BCUT2D eigenvalue weighted by Crippen LogP contribution is 2.34. The molecule has 2 heterocycles. The number of amides is 1. The molecule has 2 aromatic heterocycles. The van der Waals surface area contributed by atoms with Gasteiger partial charge in [-0.2, -0.15) is 0 Å². The molecule has 7 heteroatoms. The number of aliphatic hydroxyl groups excluding tert-OH is 1. The number of carbonyl (C=O) groups excluding carboxylic acids is 1. The van der Waals surface area contributed by atoms with Crippen molar-refractivity contribution in [1.82, 2.24) is 5.32 Å². The number of benzene rings is 1. The number of aliphatic hydroxyl groups is 1. The Morgan fingerprint density at radius 3 is 2.84 bits per heavy atom. The standard InChI is InChI=1S/C18H16BrNO3S2/c1-23-11-4-5-13(19)12(9-11)18(22)20-10-14(21)15-6-7-17(25-15)16-3-2-8-24-16/h2-9,14,21H,10H2,1H3,(H,20,22). The number of halogens is 1. The second-order valence-electron chi connectivity index (χ2n) is 5.25. The van der Waals surface area contributed by atoms with E-state index in [9.17, 15) is 9.90 Å². The summed E-state index contributed by atoms with van der Waals surface area (Å²) in [5.74, 6) is 0.340. The van der Waals surface area contributed by atoms with Crippen LogP contribution in [-0.2, 0) is 0 Å². The molecule has 130 valence electrons. The molecule has 3 aromatic rings. The van der Waals surface area contributed by atoms with Crippen LogP contribution in [0.25, 0.3) is 9.75 Å². The summed E-state index contributed by atoms with van der Waals surface area (Å²) in [6, 6.07) is 13.1. The van der Waals surface area contributed by atoms with Crippen molar-refractivity contribution in [2.75, 3.05) is 13.7 Å². The molecule has 1 atom stereocenters. The maximum atomic E-state index is 12.4. The van der Waals surface area contributed by atoms with Crippen LogP contribution in [0.3, 0.4) is 0 Å². The van der Waals surface area contributed by atoms with E-state index in [0.29, 0.717) is 15.8 Å². The molecule has 2 N–H and O–H groups in total. The maximum Gasteiger partial charge on any atom is 0.252 e. The fourth-order valence-electron chi connectivity index (χ4n) is 2.27. The number of hydrogen-bond acceptors (Lipinski definition) is 5. The molecular formula is C18H16BrNO3S2. The van der Waals surface area contributed by atoms with E-state index >= 15 is 0 Å². The molecule has 0 fully saturated rings. The van der Waals surface area contributed by atoms with Gasteiger partial charge in [0, 0.05) is 25.6 Å². The lowest BCUT2D eigenvalue weighted by Crippen LogP contribution is -2.28. The van der Waals surface area contributed by atoms with Gasteiger partial charge in [0.25, 0.3) is 5.91 Å². The minimum absolute atomic E-state index is 0.146. The predicted octanol–water partition coefficient (Wildman–Crippen LogP) is 4.71. The first-order chi connectivity index (χ1) is 12.1. The third-order valence-electron chi connectivity index (χ3n) is 3.59. The highest BCUT2D eigenvalue weighted by molar-refractivity contribution is 9.10. The molecule has 0 aliphatic carbocycles. The SMILES string of the molecule is COc1ccc(Br)c(C(=O)NCC(O)c2ccc(-c3cccs3)s2)c1. The van der Waals surface area contributed by atoms with E-state index in [0.717, 1.165) is 9.75 Å². The Morgan fingerprint density at radius 1 is 1.28 bits per heavy atom. The zero-order valence-electron chi connectivity index (χ0n) is 13.4. The van der Waals surface area contributed by atoms with Crippen LogP contribution in [0.1, 0.15) is 21.3 Å². The first-order valence-corrected chi connectivity index (χ1v) is 10.0. The molecule has 0 spiro atoms. The lowest BCUT2D eigenvalue weighted by atomic mass is 10.2. The van der Waals surface area contributed by atoms with Gasteiger partial charge in [0.05, 0.1) is 12.7 Å². The number of rotatable bonds is 6. The summed E-state index contributed by atoms with van der Waals surface area (Å²) in [7, 11) is 1.55. The summed E-state index contributed by atoms with van der Waals surface area (Å²) in [6.07, 6.45) is -0.743. The molecular weight excluding hydrogens is 422 g/mol. The molecule has 4 nitrogen and oxygen atoms in total. The molecule has 0 aliphatic rings. The van der Waals surface area contributed by atoms with Gasteiger partial charge in [0.2, 0.25) is 0 Å². The average Bonchev–Trinajstić information content (AvgIpc) is 3.30. The van der Waals surface area contributed by atoms with Gasteiger partial charge in [-0.3, -0.25) is 4.79 Å². The van der Waals surface area contributed by atoms with Crippen LogP contribution < -0.4 is 10.1 Å². The fraction of sp³-hybridized carbons (Fsp3) is 0.167. The Balaban J connectivity index is 1.64. The molecule has 1 aromatic carbocycles. The van der Waals surface area contributed by atoms with Gasteiger partial charge >= 0.3 is 0 Å².